The molecule has 0 N–H and O–H groups in total. The number of nitrogens with zero attached hydrogens (tertiary/aromatic N) is 2. The second kappa shape index (κ2) is 7.72. The number of hydrogen-bond donors (Lipinski definition) is 0. The van der Waals surface area contributed by atoms with E-state index in [4.69, 9.17) is 4.42 Å². The predicted molar refractivity (Wildman–Crippen MR) is 113 cm³/mol. The van der Waals surface area contributed by atoms with Gasteiger partial charge in [-0.2, -0.15) is 0 Å². The third-order valence-corrected chi connectivity index (χ3v) is 5.63. The molecule has 150 valence electrons. The number of hydrogen-bond acceptors (Lipinski definition) is 4. The topological polar surface area (TPSA) is 53.8 Å². The maximum atomic E-state index is 14.7. The minimum atomic E-state index is -0.805. The van der Waals surface area contributed by atoms with Crippen molar-refractivity contribution in [3.8, 4) is 0 Å². The summed E-state index contributed by atoms with van der Waals surface area (Å²) in [4.78, 5) is 30.1. The van der Waals surface area contributed by atoms with Crippen LogP contribution in [0.5, 0.6) is 0 Å². The Hall–Kier alpha value is -2.51. The smallest absolute Gasteiger partial charge is 0.290 e. The van der Waals surface area contributed by atoms with E-state index in [0.717, 1.165) is 11.0 Å². The monoisotopic (exact) mass is 458 g/mol. The van der Waals surface area contributed by atoms with Crippen LogP contribution in [0.1, 0.15) is 34.1 Å². The Morgan fingerprint density at radius 3 is 2.66 bits per heavy atom. The summed E-state index contributed by atoms with van der Waals surface area (Å²) in [5.41, 5.74) is 0.536. The summed E-state index contributed by atoms with van der Waals surface area (Å²) in [5.74, 6) is -0.832. The van der Waals surface area contributed by atoms with Gasteiger partial charge >= 0.3 is 0 Å². The Morgan fingerprint density at radius 2 is 1.93 bits per heavy atom. The molecule has 1 aliphatic rings. The lowest BCUT2D eigenvalue weighted by Gasteiger charge is -2.26. The Kier molecular flexibility index (Phi) is 5.27. The van der Waals surface area contributed by atoms with E-state index in [1.807, 2.05) is 19.0 Å². The summed E-state index contributed by atoms with van der Waals surface area (Å²) < 4.78 is 21.3. The number of fused-ring (bicyclic) bond motifs is 2. The summed E-state index contributed by atoms with van der Waals surface area (Å²) in [6, 6.07) is 10.5. The standard InChI is InChI=1S/C22H20BrFN2O3/c1-25(2)10-5-11-26-19(14-6-3-4-7-16(14)24)18-20(27)15-12-13(23)8-9-17(15)29-21(18)22(26)28/h3-4,6-9,12,19H,5,10-11H2,1-2H3. The summed E-state index contributed by atoms with van der Waals surface area (Å²) in [6.45, 7) is 1.15. The van der Waals surface area contributed by atoms with Crippen LogP contribution in [-0.4, -0.2) is 42.9 Å². The van der Waals surface area contributed by atoms with Crippen molar-refractivity contribution >= 4 is 32.8 Å². The van der Waals surface area contributed by atoms with E-state index in [1.165, 1.54) is 6.07 Å². The molecule has 2 heterocycles. The quantitative estimate of drug-likeness (QED) is 0.574. The van der Waals surface area contributed by atoms with Gasteiger partial charge in [0.15, 0.2) is 5.43 Å². The fourth-order valence-corrected chi connectivity index (χ4v) is 4.16. The third-order valence-electron chi connectivity index (χ3n) is 5.13. The average Bonchev–Trinajstić information content (AvgIpc) is 2.95. The molecule has 1 amide bonds. The molecule has 0 radical (unpaired) electrons. The van der Waals surface area contributed by atoms with Gasteiger partial charge in [0.05, 0.1) is 17.0 Å². The van der Waals surface area contributed by atoms with Gasteiger partial charge in [0.1, 0.15) is 11.4 Å². The van der Waals surface area contributed by atoms with Gasteiger partial charge in [0, 0.05) is 16.6 Å². The lowest BCUT2D eigenvalue weighted by Crippen LogP contribution is -2.32. The maximum absolute atomic E-state index is 14.7. The van der Waals surface area contributed by atoms with Crippen molar-refractivity contribution in [1.82, 2.24) is 9.80 Å². The predicted octanol–water partition coefficient (Wildman–Crippen LogP) is 4.19. The van der Waals surface area contributed by atoms with Crippen LogP contribution in [0.2, 0.25) is 0 Å². The Morgan fingerprint density at radius 1 is 1.17 bits per heavy atom. The lowest BCUT2D eigenvalue weighted by molar-refractivity contribution is 0.0720. The molecule has 29 heavy (non-hydrogen) atoms. The molecule has 0 saturated heterocycles. The number of carbonyl (C=O) groups is 1. The first-order valence-electron chi connectivity index (χ1n) is 9.35. The fourth-order valence-electron chi connectivity index (χ4n) is 3.80. The molecule has 0 spiro atoms. The van der Waals surface area contributed by atoms with Gasteiger partial charge in [-0.15, -0.1) is 0 Å². The number of benzene rings is 2. The largest absolute Gasteiger partial charge is 0.450 e. The van der Waals surface area contributed by atoms with Crippen molar-refractivity contribution in [1.29, 1.82) is 0 Å². The highest BCUT2D eigenvalue weighted by Gasteiger charge is 2.43. The molecule has 2 aromatic carbocycles. The molecule has 3 aromatic rings. The average molecular weight is 459 g/mol. The summed E-state index contributed by atoms with van der Waals surface area (Å²) in [7, 11) is 3.90. The van der Waals surface area contributed by atoms with Crippen molar-refractivity contribution in [2.45, 2.75) is 12.5 Å². The first kappa shape index (κ1) is 19.8. The van der Waals surface area contributed by atoms with Gasteiger partial charge in [0.25, 0.3) is 5.91 Å². The molecule has 0 saturated carbocycles. The van der Waals surface area contributed by atoms with Gasteiger partial charge < -0.3 is 14.2 Å². The zero-order chi connectivity index (χ0) is 20.7. The van der Waals surface area contributed by atoms with E-state index in [1.54, 1.807) is 41.3 Å². The second-order valence-corrected chi connectivity index (χ2v) is 8.31. The first-order chi connectivity index (χ1) is 13.9. The Labute approximate surface area is 175 Å². The van der Waals surface area contributed by atoms with Crippen LogP contribution >= 0.6 is 15.9 Å². The van der Waals surface area contributed by atoms with Gasteiger partial charge in [-0.25, -0.2) is 4.39 Å². The molecule has 1 aliphatic heterocycles. The van der Waals surface area contributed by atoms with E-state index in [9.17, 15) is 14.0 Å². The van der Waals surface area contributed by atoms with Crippen molar-refractivity contribution < 1.29 is 13.6 Å². The summed E-state index contributed by atoms with van der Waals surface area (Å²) in [6.07, 6.45) is 0.691. The van der Waals surface area contributed by atoms with E-state index in [-0.39, 0.29) is 22.7 Å². The molecule has 0 fully saturated rings. The normalized spacial score (nSPS) is 16.1. The Balaban J connectivity index is 1.91. The van der Waals surface area contributed by atoms with E-state index >= 15 is 0 Å². The van der Waals surface area contributed by atoms with Crippen LogP contribution in [-0.2, 0) is 0 Å². The summed E-state index contributed by atoms with van der Waals surface area (Å²) in [5, 5.41) is 0.363. The molecule has 1 atom stereocenters. The molecular formula is C22H20BrFN2O3. The number of halogens is 2. The van der Waals surface area contributed by atoms with Crippen LogP contribution in [0.15, 0.2) is 56.1 Å². The van der Waals surface area contributed by atoms with Gasteiger partial charge in [-0.3, -0.25) is 9.59 Å². The maximum Gasteiger partial charge on any atom is 0.290 e. The van der Waals surface area contributed by atoms with E-state index in [0.29, 0.717) is 29.5 Å². The molecular weight excluding hydrogens is 439 g/mol. The van der Waals surface area contributed by atoms with Crippen molar-refractivity contribution in [3.63, 3.8) is 0 Å². The van der Waals surface area contributed by atoms with Gasteiger partial charge in [-0.05, 0) is 51.3 Å². The minimum absolute atomic E-state index is 0.00271. The SMILES string of the molecule is CN(C)CCCN1C(=O)c2oc3ccc(Br)cc3c(=O)c2C1c1ccccc1F. The zero-order valence-corrected chi connectivity index (χ0v) is 17.7. The second-order valence-electron chi connectivity index (χ2n) is 7.39. The van der Waals surface area contributed by atoms with Gasteiger partial charge in [0.2, 0.25) is 5.76 Å². The number of carbonyl (C=O) groups excluding carboxylic acids is 1. The van der Waals surface area contributed by atoms with E-state index < -0.39 is 11.9 Å². The van der Waals surface area contributed by atoms with Crippen molar-refractivity contribution in [2.24, 2.45) is 0 Å². The third kappa shape index (κ3) is 3.49. The number of rotatable bonds is 5. The molecule has 1 aromatic heterocycles. The van der Waals surface area contributed by atoms with Crippen LogP contribution in [0.3, 0.4) is 0 Å². The molecule has 1 unspecified atom stereocenters. The van der Waals surface area contributed by atoms with Crippen LogP contribution < -0.4 is 5.43 Å². The highest BCUT2D eigenvalue weighted by Crippen LogP contribution is 2.39. The molecule has 5 nitrogen and oxygen atoms in total. The highest BCUT2D eigenvalue weighted by molar-refractivity contribution is 9.10. The molecule has 7 heteroatoms. The lowest BCUT2D eigenvalue weighted by atomic mass is 9.98. The van der Waals surface area contributed by atoms with Crippen molar-refractivity contribution in [3.05, 3.63) is 79.9 Å². The molecule has 4 rings (SSSR count). The van der Waals surface area contributed by atoms with Crippen molar-refractivity contribution in [2.75, 3.05) is 27.2 Å². The number of amides is 1. The highest BCUT2D eigenvalue weighted by atomic mass is 79.9. The summed E-state index contributed by atoms with van der Waals surface area (Å²) >= 11 is 3.37. The van der Waals surface area contributed by atoms with Crippen LogP contribution in [0, 0.1) is 5.82 Å². The van der Waals surface area contributed by atoms with Gasteiger partial charge in [-0.1, -0.05) is 34.1 Å². The fraction of sp³-hybridized carbons (Fsp3) is 0.273. The minimum Gasteiger partial charge on any atom is -0.450 e. The molecule has 0 aliphatic carbocycles. The first-order valence-corrected chi connectivity index (χ1v) is 10.1. The molecule has 0 bridgehead atoms. The Bertz CT molecular complexity index is 1160. The van der Waals surface area contributed by atoms with Crippen LogP contribution in [0.25, 0.3) is 11.0 Å². The zero-order valence-electron chi connectivity index (χ0n) is 16.1. The van der Waals surface area contributed by atoms with Crippen LogP contribution in [0.4, 0.5) is 4.39 Å². The van der Waals surface area contributed by atoms with E-state index in [2.05, 4.69) is 15.9 Å².